The topological polar surface area (TPSA) is 94.3 Å². The highest BCUT2D eigenvalue weighted by Crippen LogP contribution is 2.10. The Hall–Kier alpha value is -2.70. The molecule has 0 saturated carbocycles. The molecule has 0 radical (unpaired) electrons. The number of aromatic nitrogens is 2. The number of nitrogens with zero attached hydrogens (tertiary/aromatic N) is 2. The van der Waals surface area contributed by atoms with Crippen molar-refractivity contribution in [2.75, 3.05) is 6.54 Å². The van der Waals surface area contributed by atoms with Crippen molar-refractivity contribution in [1.29, 1.82) is 0 Å². The molecule has 2 aromatic rings. The number of benzene rings is 1. The number of amides is 1. The maximum atomic E-state index is 12.0. The zero-order chi connectivity index (χ0) is 17.7. The summed E-state index contributed by atoms with van der Waals surface area (Å²) in [5.74, 6) is 0.0304. The molecule has 0 bridgehead atoms. The van der Waals surface area contributed by atoms with Crippen LogP contribution in [0.3, 0.4) is 0 Å². The molecule has 0 atom stereocenters. The number of ether oxygens (including phenoxy) is 1. The van der Waals surface area contributed by atoms with Crippen molar-refractivity contribution in [2.45, 2.75) is 40.2 Å². The van der Waals surface area contributed by atoms with Gasteiger partial charge in [0.1, 0.15) is 6.54 Å². The van der Waals surface area contributed by atoms with E-state index in [0.29, 0.717) is 11.4 Å². The third kappa shape index (κ3) is 4.91. The van der Waals surface area contributed by atoms with Gasteiger partial charge in [0.25, 0.3) is 11.8 Å². The Morgan fingerprint density at radius 1 is 1.21 bits per heavy atom. The van der Waals surface area contributed by atoms with E-state index in [2.05, 4.69) is 15.5 Å². The first kappa shape index (κ1) is 17.7. The Bertz CT molecular complexity index is 717. The molecule has 0 aliphatic carbocycles. The monoisotopic (exact) mass is 331 g/mol. The number of aryl methyl sites for hydroxylation is 2. The quantitative estimate of drug-likeness (QED) is 0.816. The van der Waals surface area contributed by atoms with Gasteiger partial charge in [0, 0.05) is 11.5 Å². The molecule has 24 heavy (non-hydrogen) atoms. The standard InChI is InChI=1S/C17H21N3O4/c1-10(2)16-19-14(24-20-16)9-23-15(21)8-18-17(22)13-6-11(3)5-12(4)7-13/h5-7,10H,8-9H2,1-4H3,(H,18,22). The van der Waals surface area contributed by atoms with Crippen molar-refractivity contribution < 1.29 is 18.8 Å². The summed E-state index contributed by atoms with van der Waals surface area (Å²) < 4.78 is 9.98. The van der Waals surface area contributed by atoms with Crippen molar-refractivity contribution >= 4 is 11.9 Å². The second kappa shape index (κ2) is 7.72. The highest BCUT2D eigenvalue weighted by molar-refractivity contribution is 5.96. The number of hydrogen-bond acceptors (Lipinski definition) is 6. The number of carbonyl (C=O) groups excluding carboxylic acids is 2. The lowest BCUT2D eigenvalue weighted by Gasteiger charge is -2.07. The Labute approximate surface area is 140 Å². The van der Waals surface area contributed by atoms with Crippen molar-refractivity contribution in [1.82, 2.24) is 15.5 Å². The maximum Gasteiger partial charge on any atom is 0.325 e. The van der Waals surface area contributed by atoms with Crippen molar-refractivity contribution in [3.05, 3.63) is 46.6 Å². The van der Waals surface area contributed by atoms with Crippen LogP contribution in [0.1, 0.15) is 53.0 Å². The molecule has 2 rings (SSSR count). The predicted molar refractivity (Wildman–Crippen MR) is 86.4 cm³/mol. The average Bonchev–Trinajstić information content (AvgIpc) is 2.98. The molecule has 1 N–H and O–H groups in total. The molecule has 128 valence electrons. The Morgan fingerprint density at radius 2 is 1.88 bits per heavy atom. The highest BCUT2D eigenvalue weighted by Gasteiger charge is 2.13. The lowest BCUT2D eigenvalue weighted by atomic mass is 10.1. The molecule has 0 fully saturated rings. The van der Waals surface area contributed by atoms with Gasteiger partial charge in [-0.3, -0.25) is 9.59 Å². The molecule has 1 amide bonds. The largest absolute Gasteiger partial charge is 0.454 e. The summed E-state index contributed by atoms with van der Waals surface area (Å²) in [5.41, 5.74) is 2.49. The van der Waals surface area contributed by atoms with Gasteiger partial charge >= 0.3 is 5.97 Å². The van der Waals surface area contributed by atoms with E-state index >= 15 is 0 Å². The predicted octanol–water partition coefficient (Wildman–Crippen LogP) is 2.28. The molecule has 0 saturated heterocycles. The molecule has 7 heteroatoms. The van der Waals surface area contributed by atoms with Crippen LogP contribution in [0.4, 0.5) is 0 Å². The zero-order valence-electron chi connectivity index (χ0n) is 14.3. The van der Waals surface area contributed by atoms with Crippen molar-refractivity contribution in [3.63, 3.8) is 0 Å². The molecular formula is C17H21N3O4. The molecule has 1 aromatic heterocycles. The third-order valence-electron chi connectivity index (χ3n) is 3.23. The number of hydrogen-bond donors (Lipinski definition) is 1. The lowest BCUT2D eigenvalue weighted by Crippen LogP contribution is -2.30. The van der Waals surface area contributed by atoms with E-state index in [9.17, 15) is 9.59 Å². The fourth-order valence-electron chi connectivity index (χ4n) is 2.11. The van der Waals surface area contributed by atoms with Crippen LogP contribution in [0, 0.1) is 13.8 Å². The minimum absolute atomic E-state index is 0.113. The molecule has 7 nitrogen and oxygen atoms in total. The molecule has 0 spiro atoms. The Kier molecular flexibility index (Phi) is 5.68. The molecule has 1 aromatic carbocycles. The molecule has 0 aliphatic rings. The lowest BCUT2D eigenvalue weighted by molar-refractivity contribution is -0.144. The van der Waals surface area contributed by atoms with Crippen LogP contribution in [0.5, 0.6) is 0 Å². The van der Waals surface area contributed by atoms with Gasteiger partial charge in [-0.1, -0.05) is 36.2 Å². The van der Waals surface area contributed by atoms with Gasteiger partial charge in [-0.25, -0.2) is 0 Å². The van der Waals surface area contributed by atoms with Gasteiger partial charge in [0.15, 0.2) is 12.4 Å². The van der Waals surface area contributed by atoms with E-state index in [1.165, 1.54) is 0 Å². The van der Waals surface area contributed by atoms with Crippen molar-refractivity contribution in [2.24, 2.45) is 0 Å². The first-order valence-corrected chi connectivity index (χ1v) is 7.69. The third-order valence-corrected chi connectivity index (χ3v) is 3.23. The van der Waals surface area contributed by atoms with E-state index in [1.807, 2.05) is 33.8 Å². The summed E-state index contributed by atoms with van der Waals surface area (Å²) in [6, 6.07) is 5.50. The second-order valence-corrected chi connectivity index (χ2v) is 5.92. The van der Waals surface area contributed by atoms with Crippen LogP contribution in [0.2, 0.25) is 0 Å². The summed E-state index contributed by atoms with van der Waals surface area (Å²) in [6.07, 6.45) is 0. The van der Waals surface area contributed by atoms with Gasteiger partial charge in [-0.2, -0.15) is 4.98 Å². The second-order valence-electron chi connectivity index (χ2n) is 5.92. The number of nitrogens with one attached hydrogen (secondary N) is 1. The Morgan fingerprint density at radius 3 is 2.46 bits per heavy atom. The zero-order valence-corrected chi connectivity index (χ0v) is 14.3. The average molecular weight is 331 g/mol. The van der Waals surface area contributed by atoms with E-state index in [-0.39, 0.29) is 30.9 Å². The normalized spacial score (nSPS) is 10.7. The first-order chi connectivity index (χ1) is 11.3. The maximum absolute atomic E-state index is 12.0. The van der Waals surface area contributed by atoms with Crippen molar-refractivity contribution in [3.8, 4) is 0 Å². The molecule has 0 aliphatic heterocycles. The summed E-state index contributed by atoms with van der Waals surface area (Å²) >= 11 is 0. The Balaban J connectivity index is 1.81. The van der Waals surface area contributed by atoms with Crippen LogP contribution in [-0.2, 0) is 16.1 Å². The molecule has 0 unspecified atom stereocenters. The van der Waals surface area contributed by atoms with E-state index < -0.39 is 5.97 Å². The van der Waals surface area contributed by atoms with E-state index in [0.717, 1.165) is 11.1 Å². The minimum atomic E-state index is -0.572. The molecule has 1 heterocycles. The van der Waals surface area contributed by atoms with Crippen LogP contribution in [0.25, 0.3) is 0 Å². The number of rotatable bonds is 6. The smallest absolute Gasteiger partial charge is 0.325 e. The van der Waals surface area contributed by atoms with E-state index in [1.54, 1.807) is 12.1 Å². The molecular weight excluding hydrogens is 310 g/mol. The van der Waals surface area contributed by atoms with Crippen LogP contribution >= 0.6 is 0 Å². The van der Waals surface area contributed by atoms with E-state index in [4.69, 9.17) is 9.26 Å². The summed E-state index contributed by atoms with van der Waals surface area (Å²) in [7, 11) is 0. The fraction of sp³-hybridized carbons (Fsp3) is 0.412. The summed E-state index contributed by atoms with van der Waals surface area (Å²) in [4.78, 5) is 27.8. The summed E-state index contributed by atoms with van der Waals surface area (Å²) in [5, 5.41) is 6.31. The van der Waals surface area contributed by atoms with Gasteiger partial charge in [0.05, 0.1) is 0 Å². The highest BCUT2D eigenvalue weighted by atomic mass is 16.6. The minimum Gasteiger partial charge on any atom is -0.454 e. The first-order valence-electron chi connectivity index (χ1n) is 7.69. The van der Waals surface area contributed by atoms with Crippen LogP contribution in [0.15, 0.2) is 22.7 Å². The number of carbonyl (C=O) groups is 2. The van der Waals surface area contributed by atoms with Crippen LogP contribution < -0.4 is 5.32 Å². The fourth-order valence-corrected chi connectivity index (χ4v) is 2.11. The van der Waals surface area contributed by atoms with Crippen LogP contribution in [-0.4, -0.2) is 28.6 Å². The van der Waals surface area contributed by atoms with Gasteiger partial charge in [-0.15, -0.1) is 0 Å². The number of esters is 1. The van der Waals surface area contributed by atoms with Gasteiger partial charge in [-0.05, 0) is 26.0 Å². The van der Waals surface area contributed by atoms with Gasteiger partial charge in [0.2, 0.25) is 0 Å². The SMILES string of the molecule is Cc1cc(C)cc(C(=O)NCC(=O)OCc2nc(C(C)C)no2)c1. The summed E-state index contributed by atoms with van der Waals surface area (Å²) in [6.45, 7) is 7.35. The van der Waals surface area contributed by atoms with Gasteiger partial charge < -0.3 is 14.6 Å².